The Morgan fingerprint density at radius 3 is 2.57 bits per heavy atom. The largest absolute Gasteiger partial charge is 0.374 e. The van der Waals surface area contributed by atoms with Gasteiger partial charge in [0.15, 0.2) is 0 Å². The summed E-state index contributed by atoms with van der Waals surface area (Å²) in [7, 11) is 0. The van der Waals surface area contributed by atoms with E-state index in [2.05, 4.69) is 45.5 Å². The predicted octanol–water partition coefficient (Wildman–Crippen LogP) is 6.29. The van der Waals surface area contributed by atoms with E-state index in [1.165, 1.54) is 61.6 Å². The molecule has 1 rings (SSSR count). The van der Waals surface area contributed by atoms with Crippen molar-refractivity contribution in [2.45, 2.75) is 78.4 Å². The molecule has 1 heteroatoms. The van der Waals surface area contributed by atoms with Crippen LogP contribution in [-0.2, 0) is 11.3 Å². The van der Waals surface area contributed by atoms with Gasteiger partial charge in [-0.3, -0.25) is 0 Å². The van der Waals surface area contributed by atoms with E-state index >= 15 is 0 Å². The fraction of sp³-hybridized carbons (Fsp3) is 0.600. The van der Waals surface area contributed by atoms with Crippen LogP contribution in [0.3, 0.4) is 0 Å². The number of benzene rings is 1. The van der Waals surface area contributed by atoms with Crippen LogP contribution in [0.15, 0.2) is 24.8 Å². The highest BCUT2D eigenvalue weighted by atomic mass is 16.5. The first kappa shape index (κ1) is 18.0. The smallest absolute Gasteiger partial charge is 0.0726 e. The summed E-state index contributed by atoms with van der Waals surface area (Å²) in [5, 5.41) is 0. The molecule has 0 heterocycles. The minimum Gasteiger partial charge on any atom is -0.374 e. The molecule has 1 nitrogen and oxygen atoms in total. The summed E-state index contributed by atoms with van der Waals surface area (Å²) in [4.78, 5) is 0. The summed E-state index contributed by atoms with van der Waals surface area (Å²) >= 11 is 0. The lowest BCUT2D eigenvalue weighted by molar-refractivity contribution is 0.0458. The Hall–Kier alpha value is -1.08. The summed E-state index contributed by atoms with van der Waals surface area (Å²) in [6, 6.07) is 6.36. The molecule has 0 aliphatic heterocycles. The lowest BCUT2D eigenvalue weighted by atomic mass is 10.0. The Kier molecular flexibility index (Phi) is 9.09. The quantitative estimate of drug-likeness (QED) is 0.434. The van der Waals surface area contributed by atoms with Crippen LogP contribution >= 0.6 is 0 Å². The summed E-state index contributed by atoms with van der Waals surface area (Å²) in [6.45, 7) is 11.2. The highest BCUT2D eigenvalue weighted by Crippen LogP contribution is 2.18. The van der Waals surface area contributed by atoms with Gasteiger partial charge in [0.1, 0.15) is 0 Å². The van der Waals surface area contributed by atoms with Crippen LogP contribution < -0.4 is 0 Å². The second-order valence-electron chi connectivity index (χ2n) is 6.03. The van der Waals surface area contributed by atoms with Crippen molar-refractivity contribution in [1.29, 1.82) is 0 Å². The molecule has 0 bridgehead atoms. The summed E-state index contributed by atoms with van der Waals surface area (Å²) < 4.78 is 6.01. The number of aryl methyl sites for hydroxylation is 1. The van der Waals surface area contributed by atoms with Crippen molar-refractivity contribution in [3.8, 4) is 0 Å². The maximum Gasteiger partial charge on any atom is 0.0726 e. The van der Waals surface area contributed by atoms with Crippen molar-refractivity contribution >= 4 is 6.08 Å². The van der Waals surface area contributed by atoms with Gasteiger partial charge >= 0.3 is 0 Å². The Morgan fingerprint density at radius 2 is 1.86 bits per heavy atom. The molecule has 1 unspecified atom stereocenters. The molecule has 1 aromatic carbocycles. The topological polar surface area (TPSA) is 9.23 Å². The summed E-state index contributed by atoms with van der Waals surface area (Å²) in [5.41, 5.74) is 3.75. The Bertz CT molecular complexity index is 408. The van der Waals surface area contributed by atoms with Crippen LogP contribution in [0.2, 0.25) is 0 Å². The van der Waals surface area contributed by atoms with Crippen LogP contribution in [-0.4, -0.2) is 6.10 Å². The fourth-order valence-electron chi connectivity index (χ4n) is 2.69. The molecule has 0 spiro atoms. The predicted molar refractivity (Wildman–Crippen MR) is 93.5 cm³/mol. The van der Waals surface area contributed by atoms with Gasteiger partial charge in [-0.25, -0.2) is 0 Å². The van der Waals surface area contributed by atoms with Crippen molar-refractivity contribution in [3.05, 3.63) is 41.5 Å². The molecule has 1 aromatic rings. The molecule has 0 amide bonds. The first-order valence-corrected chi connectivity index (χ1v) is 8.51. The molecule has 118 valence electrons. The number of rotatable bonds is 11. The van der Waals surface area contributed by atoms with Crippen molar-refractivity contribution in [2.24, 2.45) is 0 Å². The van der Waals surface area contributed by atoms with E-state index in [1.807, 2.05) is 6.08 Å². The van der Waals surface area contributed by atoms with Crippen LogP contribution in [0.4, 0.5) is 0 Å². The normalized spacial score (nSPS) is 12.3. The molecule has 0 saturated heterocycles. The van der Waals surface area contributed by atoms with Gasteiger partial charge in [0.25, 0.3) is 0 Å². The van der Waals surface area contributed by atoms with Gasteiger partial charge in [-0.05, 0) is 37.0 Å². The van der Waals surface area contributed by atoms with E-state index in [0.29, 0.717) is 12.7 Å². The van der Waals surface area contributed by atoms with Crippen molar-refractivity contribution in [1.82, 2.24) is 0 Å². The molecule has 0 aliphatic carbocycles. The average molecular weight is 288 g/mol. The van der Waals surface area contributed by atoms with Crippen molar-refractivity contribution in [2.75, 3.05) is 0 Å². The van der Waals surface area contributed by atoms with E-state index in [9.17, 15) is 0 Å². The third-order valence-electron chi connectivity index (χ3n) is 4.11. The van der Waals surface area contributed by atoms with Gasteiger partial charge in [-0.2, -0.15) is 0 Å². The van der Waals surface area contributed by atoms with Gasteiger partial charge in [0.2, 0.25) is 0 Å². The van der Waals surface area contributed by atoms with Crippen LogP contribution in [0.5, 0.6) is 0 Å². The second-order valence-corrected chi connectivity index (χ2v) is 6.03. The van der Waals surface area contributed by atoms with E-state index in [-0.39, 0.29) is 0 Å². The Balaban J connectivity index is 2.25. The fourth-order valence-corrected chi connectivity index (χ4v) is 2.69. The summed E-state index contributed by atoms with van der Waals surface area (Å²) in [5.74, 6) is 0. The monoisotopic (exact) mass is 288 g/mol. The standard InChI is InChI=1S/C20H32O/c1-5-7-8-9-10-11-14-18(4)21-16-19-15-12-13-17(3)20(19)6-2/h6,12-13,15,18H,2,5,7-11,14,16H2,1,3-4H3. The van der Waals surface area contributed by atoms with Crippen molar-refractivity contribution < 1.29 is 4.74 Å². The first-order valence-electron chi connectivity index (χ1n) is 8.51. The highest BCUT2D eigenvalue weighted by Gasteiger charge is 2.06. The first-order chi connectivity index (χ1) is 10.2. The van der Waals surface area contributed by atoms with E-state index in [4.69, 9.17) is 4.74 Å². The average Bonchev–Trinajstić information content (AvgIpc) is 2.48. The molecule has 0 fully saturated rings. The maximum absolute atomic E-state index is 6.01. The molecule has 0 radical (unpaired) electrons. The van der Waals surface area contributed by atoms with E-state index in [1.54, 1.807) is 0 Å². The number of hydrogen-bond acceptors (Lipinski definition) is 1. The third kappa shape index (κ3) is 6.95. The number of hydrogen-bond donors (Lipinski definition) is 0. The minimum absolute atomic E-state index is 0.342. The molecule has 21 heavy (non-hydrogen) atoms. The van der Waals surface area contributed by atoms with Gasteiger partial charge in [-0.1, -0.05) is 76.3 Å². The zero-order chi connectivity index (χ0) is 15.5. The number of ether oxygens (including phenoxy) is 1. The zero-order valence-electron chi connectivity index (χ0n) is 14.2. The van der Waals surface area contributed by atoms with E-state index < -0.39 is 0 Å². The van der Waals surface area contributed by atoms with Crippen LogP contribution in [0, 0.1) is 6.92 Å². The van der Waals surface area contributed by atoms with Gasteiger partial charge in [-0.15, -0.1) is 0 Å². The van der Waals surface area contributed by atoms with E-state index in [0.717, 1.165) is 0 Å². The zero-order valence-corrected chi connectivity index (χ0v) is 14.2. The molecule has 0 N–H and O–H groups in total. The van der Waals surface area contributed by atoms with Gasteiger partial charge in [0, 0.05) is 0 Å². The van der Waals surface area contributed by atoms with Crippen molar-refractivity contribution in [3.63, 3.8) is 0 Å². The molecule has 0 saturated carbocycles. The van der Waals surface area contributed by atoms with Crippen LogP contribution in [0.25, 0.3) is 6.08 Å². The Labute approximate surface area is 131 Å². The SMILES string of the molecule is C=Cc1c(C)cccc1COC(C)CCCCCCCC. The lowest BCUT2D eigenvalue weighted by Crippen LogP contribution is -2.09. The molecular formula is C20H32O. The molecular weight excluding hydrogens is 256 g/mol. The third-order valence-corrected chi connectivity index (χ3v) is 4.11. The minimum atomic E-state index is 0.342. The van der Waals surface area contributed by atoms with Gasteiger partial charge in [0.05, 0.1) is 12.7 Å². The number of unbranched alkanes of at least 4 members (excludes halogenated alkanes) is 5. The Morgan fingerprint density at radius 1 is 1.14 bits per heavy atom. The summed E-state index contributed by atoms with van der Waals surface area (Å²) in [6.07, 6.45) is 11.5. The highest BCUT2D eigenvalue weighted by molar-refractivity contribution is 5.55. The molecule has 0 aliphatic rings. The van der Waals surface area contributed by atoms with Crippen LogP contribution in [0.1, 0.15) is 75.5 Å². The lowest BCUT2D eigenvalue weighted by Gasteiger charge is -2.15. The van der Waals surface area contributed by atoms with Gasteiger partial charge < -0.3 is 4.74 Å². The maximum atomic E-state index is 6.01. The second kappa shape index (κ2) is 10.6. The molecule has 0 aromatic heterocycles. The molecule has 1 atom stereocenters.